The van der Waals surface area contributed by atoms with E-state index < -0.39 is 0 Å². The average Bonchev–Trinajstić information content (AvgIpc) is 3.29. The predicted octanol–water partition coefficient (Wildman–Crippen LogP) is 2.89. The Morgan fingerprint density at radius 1 is 1.09 bits per heavy atom. The molecule has 2 N–H and O–H groups in total. The molecule has 0 bridgehead atoms. The van der Waals surface area contributed by atoms with Gasteiger partial charge in [0.2, 0.25) is 5.89 Å². The fourth-order valence-corrected chi connectivity index (χ4v) is 3.91. The number of benzene rings is 1. The SMILES string of the molecule is N[C@H](c1ccccc1)c1nnc(N2CCC3(CCCC3)C2)o1. The molecule has 5 heteroatoms. The van der Waals surface area contributed by atoms with E-state index in [2.05, 4.69) is 15.1 Å². The lowest BCUT2D eigenvalue weighted by atomic mass is 9.86. The van der Waals surface area contributed by atoms with Crippen molar-refractivity contribution in [3.05, 3.63) is 41.8 Å². The lowest BCUT2D eigenvalue weighted by Crippen LogP contribution is -2.25. The summed E-state index contributed by atoms with van der Waals surface area (Å²) in [7, 11) is 0. The van der Waals surface area contributed by atoms with Crippen molar-refractivity contribution in [2.24, 2.45) is 11.1 Å². The van der Waals surface area contributed by atoms with E-state index in [1.54, 1.807) is 0 Å². The highest BCUT2D eigenvalue weighted by Crippen LogP contribution is 2.46. The molecule has 116 valence electrons. The first kappa shape index (κ1) is 13.8. The van der Waals surface area contributed by atoms with E-state index in [1.807, 2.05) is 30.3 Å². The smallest absolute Gasteiger partial charge is 0.318 e. The van der Waals surface area contributed by atoms with Gasteiger partial charge in [0.15, 0.2) is 0 Å². The van der Waals surface area contributed by atoms with Gasteiger partial charge in [-0.25, -0.2) is 0 Å². The van der Waals surface area contributed by atoms with Gasteiger partial charge in [0, 0.05) is 13.1 Å². The molecular weight excluding hydrogens is 276 g/mol. The van der Waals surface area contributed by atoms with Crippen LogP contribution < -0.4 is 10.6 Å². The van der Waals surface area contributed by atoms with Crippen LogP contribution >= 0.6 is 0 Å². The quantitative estimate of drug-likeness (QED) is 0.943. The molecule has 2 aliphatic rings. The molecule has 4 rings (SSSR count). The minimum Gasteiger partial charge on any atom is -0.406 e. The number of rotatable bonds is 3. The number of nitrogens with zero attached hydrogens (tertiary/aromatic N) is 3. The Bertz CT molecular complexity index is 633. The summed E-state index contributed by atoms with van der Waals surface area (Å²) in [6.45, 7) is 2.07. The zero-order valence-electron chi connectivity index (χ0n) is 12.7. The van der Waals surface area contributed by atoms with Crippen LogP contribution in [0.2, 0.25) is 0 Å². The van der Waals surface area contributed by atoms with Crippen LogP contribution in [0, 0.1) is 5.41 Å². The Balaban J connectivity index is 1.50. The molecular formula is C17H22N4O. The first-order valence-electron chi connectivity index (χ1n) is 8.15. The van der Waals surface area contributed by atoms with Gasteiger partial charge in [-0.2, -0.15) is 0 Å². The van der Waals surface area contributed by atoms with Crippen molar-refractivity contribution in [1.29, 1.82) is 0 Å². The molecule has 0 amide bonds. The normalized spacial score (nSPS) is 21.6. The third-order valence-electron chi connectivity index (χ3n) is 5.23. The van der Waals surface area contributed by atoms with E-state index in [4.69, 9.17) is 10.2 Å². The van der Waals surface area contributed by atoms with Gasteiger partial charge in [-0.3, -0.25) is 0 Å². The number of hydrogen-bond acceptors (Lipinski definition) is 5. The molecule has 1 spiro atoms. The van der Waals surface area contributed by atoms with Crippen LogP contribution in [0.3, 0.4) is 0 Å². The standard InChI is InChI=1S/C17H22N4O/c18-14(13-6-2-1-3-7-13)15-19-20-16(22-15)21-11-10-17(12-21)8-4-5-9-17/h1-3,6-7,14H,4-5,8-12,18H2/t14-/m1/s1. The van der Waals surface area contributed by atoms with Crippen LogP contribution in [0.1, 0.15) is 49.6 Å². The van der Waals surface area contributed by atoms with Gasteiger partial charge < -0.3 is 15.1 Å². The van der Waals surface area contributed by atoms with Gasteiger partial charge in [0.05, 0.1) is 0 Å². The number of hydrogen-bond donors (Lipinski definition) is 1. The monoisotopic (exact) mass is 298 g/mol. The molecule has 22 heavy (non-hydrogen) atoms. The van der Waals surface area contributed by atoms with Gasteiger partial charge >= 0.3 is 6.01 Å². The van der Waals surface area contributed by atoms with Gasteiger partial charge in [0.1, 0.15) is 6.04 Å². The molecule has 5 nitrogen and oxygen atoms in total. The van der Waals surface area contributed by atoms with Gasteiger partial charge in [-0.15, -0.1) is 5.10 Å². The first-order valence-corrected chi connectivity index (χ1v) is 8.15. The zero-order valence-corrected chi connectivity index (χ0v) is 12.7. The maximum atomic E-state index is 6.23. The highest BCUT2D eigenvalue weighted by atomic mass is 16.4. The molecule has 0 radical (unpaired) electrons. The summed E-state index contributed by atoms with van der Waals surface area (Å²) in [5.41, 5.74) is 7.72. The summed E-state index contributed by atoms with van der Waals surface area (Å²) in [5, 5.41) is 8.40. The largest absolute Gasteiger partial charge is 0.406 e. The second-order valence-electron chi connectivity index (χ2n) is 6.69. The molecule has 2 heterocycles. The van der Waals surface area contributed by atoms with Crippen molar-refractivity contribution < 1.29 is 4.42 Å². The second kappa shape index (κ2) is 5.39. The van der Waals surface area contributed by atoms with Crippen molar-refractivity contribution in [3.8, 4) is 0 Å². The summed E-state index contributed by atoms with van der Waals surface area (Å²) in [6, 6.07) is 10.2. The van der Waals surface area contributed by atoms with E-state index in [-0.39, 0.29) is 6.04 Å². The summed E-state index contributed by atoms with van der Waals surface area (Å²) in [6.07, 6.45) is 6.65. The Labute approximate surface area is 130 Å². The average molecular weight is 298 g/mol. The topological polar surface area (TPSA) is 68.2 Å². The van der Waals surface area contributed by atoms with Crippen LogP contribution in [-0.2, 0) is 0 Å². The number of aromatic nitrogens is 2. The molecule has 1 aromatic heterocycles. The van der Waals surface area contributed by atoms with Crippen molar-refractivity contribution in [1.82, 2.24) is 10.2 Å². The molecule has 1 saturated carbocycles. The predicted molar refractivity (Wildman–Crippen MR) is 84.5 cm³/mol. The first-order chi connectivity index (χ1) is 10.8. The Morgan fingerprint density at radius 3 is 2.64 bits per heavy atom. The van der Waals surface area contributed by atoms with Crippen molar-refractivity contribution in [3.63, 3.8) is 0 Å². The molecule has 1 atom stereocenters. The van der Waals surface area contributed by atoms with Gasteiger partial charge in [-0.1, -0.05) is 48.3 Å². The van der Waals surface area contributed by atoms with Crippen LogP contribution in [0.25, 0.3) is 0 Å². The summed E-state index contributed by atoms with van der Waals surface area (Å²) in [5.74, 6) is 0.494. The maximum absolute atomic E-state index is 6.23. The molecule has 0 unspecified atom stereocenters. The van der Waals surface area contributed by atoms with Crippen molar-refractivity contribution in [2.75, 3.05) is 18.0 Å². The van der Waals surface area contributed by atoms with E-state index >= 15 is 0 Å². The fourth-order valence-electron chi connectivity index (χ4n) is 3.91. The molecule has 2 aromatic rings. The lowest BCUT2D eigenvalue weighted by Gasteiger charge is -2.22. The van der Waals surface area contributed by atoms with Crippen LogP contribution in [-0.4, -0.2) is 23.3 Å². The third-order valence-corrected chi connectivity index (χ3v) is 5.23. The fraction of sp³-hybridized carbons (Fsp3) is 0.529. The Kier molecular flexibility index (Phi) is 3.37. The Morgan fingerprint density at radius 2 is 1.86 bits per heavy atom. The van der Waals surface area contributed by atoms with E-state index in [0.717, 1.165) is 18.7 Å². The minimum absolute atomic E-state index is 0.356. The minimum atomic E-state index is -0.356. The van der Waals surface area contributed by atoms with Crippen molar-refractivity contribution in [2.45, 2.75) is 38.1 Å². The zero-order chi connectivity index (χ0) is 15.0. The van der Waals surface area contributed by atoms with Crippen molar-refractivity contribution >= 4 is 6.01 Å². The van der Waals surface area contributed by atoms with E-state index in [9.17, 15) is 0 Å². The Hall–Kier alpha value is -1.88. The van der Waals surface area contributed by atoms with Crippen LogP contribution in [0.4, 0.5) is 6.01 Å². The van der Waals surface area contributed by atoms with Gasteiger partial charge in [0.25, 0.3) is 0 Å². The molecule has 1 aliphatic carbocycles. The van der Waals surface area contributed by atoms with Crippen LogP contribution in [0.5, 0.6) is 0 Å². The molecule has 1 saturated heterocycles. The number of nitrogens with two attached hydrogens (primary N) is 1. The summed E-state index contributed by atoms with van der Waals surface area (Å²) < 4.78 is 5.87. The summed E-state index contributed by atoms with van der Waals surface area (Å²) >= 11 is 0. The van der Waals surface area contributed by atoms with Crippen LogP contribution in [0.15, 0.2) is 34.7 Å². The molecule has 2 fully saturated rings. The molecule has 1 aliphatic heterocycles. The van der Waals surface area contributed by atoms with E-state index in [1.165, 1.54) is 32.1 Å². The third kappa shape index (κ3) is 2.39. The highest BCUT2D eigenvalue weighted by Gasteiger charge is 2.41. The summed E-state index contributed by atoms with van der Waals surface area (Å²) in [4.78, 5) is 2.24. The highest BCUT2D eigenvalue weighted by molar-refractivity contribution is 5.30. The van der Waals surface area contributed by atoms with Gasteiger partial charge in [-0.05, 0) is 30.2 Å². The van der Waals surface area contributed by atoms with E-state index in [0.29, 0.717) is 17.3 Å². The maximum Gasteiger partial charge on any atom is 0.318 e. The second-order valence-corrected chi connectivity index (χ2v) is 6.69. The molecule has 1 aromatic carbocycles. The number of anilines is 1. The lowest BCUT2D eigenvalue weighted by molar-refractivity contribution is 0.338.